The van der Waals surface area contributed by atoms with Crippen LogP contribution in [0.2, 0.25) is 0 Å². The van der Waals surface area contributed by atoms with Gasteiger partial charge in [0.15, 0.2) is 0 Å². The van der Waals surface area contributed by atoms with E-state index in [-0.39, 0.29) is 6.61 Å². The second-order valence-corrected chi connectivity index (χ2v) is 8.14. The standard InChI is InChI=1S/C25H35BrO2/c26-18-8-2-9-20-28-21-10-7-15-23-14-5-6-16-24(23)25(17-11-19-27)22-12-3-1-4-13-22/h1,3-6,12-14,16,25,27H,2,7-11,15,17-21H2. The first-order chi connectivity index (χ1) is 13.9. The average molecular weight is 447 g/mol. The largest absolute Gasteiger partial charge is 0.396 e. The van der Waals surface area contributed by atoms with Crippen LogP contribution in [0.25, 0.3) is 0 Å². The van der Waals surface area contributed by atoms with Crippen LogP contribution in [0.4, 0.5) is 0 Å². The van der Waals surface area contributed by atoms with Crippen LogP contribution in [0.5, 0.6) is 0 Å². The Kier molecular flexibility index (Phi) is 12.2. The number of aliphatic hydroxyl groups is 1. The Labute approximate surface area is 179 Å². The van der Waals surface area contributed by atoms with E-state index >= 15 is 0 Å². The molecule has 0 aliphatic rings. The smallest absolute Gasteiger partial charge is 0.0466 e. The molecule has 0 fully saturated rings. The van der Waals surface area contributed by atoms with Gasteiger partial charge in [0.2, 0.25) is 0 Å². The molecule has 3 heteroatoms. The van der Waals surface area contributed by atoms with Gasteiger partial charge >= 0.3 is 0 Å². The molecule has 28 heavy (non-hydrogen) atoms. The molecule has 0 aliphatic carbocycles. The summed E-state index contributed by atoms with van der Waals surface area (Å²) < 4.78 is 5.78. The van der Waals surface area contributed by atoms with E-state index in [9.17, 15) is 5.11 Å². The van der Waals surface area contributed by atoms with Crippen molar-refractivity contribution in [3.63, 3.8) is 0 Å². The first-order valence-electron chi connectivity index (χ1n) is 10.7. The Balaban J connectivity index is 1.88. The van der Waals surface area contributed by atoms with Crippen LogP contribution in [0.1, 0.15) is 67.6 Å². The van der Waals surface area contributed by atoms with Crippen LogP contribution < -0.4 is 0 Å². The normalized spacial score (nSPS) is 12.2. The predicted octanol–water partition coefficient (Wildman–Crippen LogP) is 6.50. The number of benzene rings is 2. The Morgan fingerprint density at radius 2 is 1.50 bits per heavy atom. The van der Waals surface area contributed by atoms with Crippen molar-refractivity contribution < 1.29 is 9.84 Å². The lowest BCUT2D eigenvalue weighted by atomic mass is 9.84. The van der Waals surface area contributed by atoms with Gasteiger partial charge in [-0.05, 0) is 61.6 Å². The number of aliphatic hydroxyl groups excluding tert-OH is 1. The minimum absolute atomic E-state index is 0.248. The molecule has 1 unspecified atom stereocenters. The maximum Gasteiger partial charge on any atom is 0.0466 e. The number of alkyl halides is 1. The zero-order valence-corrected chi connectivity index (χ0v) is 18.6. The Morgan fingerprint density at radius 3 is 2.25 bits per heavy atom. The lowest BCUT2D eigenvalue weighted by molar-refractivity contribution is 0.126. The lowest BCUT2D eigenvalue weighted by Crippen LogP contribution is -2.06. The monoisotopic (exact) mass is 446 g/mol. The zero-order chi connectivity index (χ0) is 19.9. The molecule has 0 aromatic heterocycles. The molecule has 0 saturated heterocycles. The van der Waals surface area contributed by atoms with Crippen molar-refractivity contribution in [1.82, 2.24) is 0 Å². The quantitative estimate of drug-likeness (QED) is 0.250. The van der Waals surface area contributed by atoms with Crippen molar-refractivity contribution >= 4 is 15.9 Å². The van der Waals surface area contributed by atoms with Gasteiger partial charge in [-0.1, -0.05) is 76.9 Å². The Bertz CT molecular complexity index is 629. The SMILES string of the molecule is OCCCC(c1ccccc1)c1ccccc1CCCCOCCCCCBr. The van der Waals surface area contributed by atoms with Gasteiger partial charge in [0, 0.05) is 31.1 Å². The summed E-state index contributed by atoms with van der Waals surface area (Å²) in [7, 11) is 0. The van der Waals surface area contributed by atoms with Gasteiger partial charge in [0.25, 0.3) is 0 Å². The molecule has 0 amide bonds. The molecular formula is C25H35BrO2. The van der Waals surface area contributed by atoms with Crippen molar-refractivity contribution in [2.45, 2.75) is 57.3 Å². The molecule has 0 heterocycles. The minimum Gasteiger partial charge on any atom is -0.396 e. The van der Waals surface area contributed by atoms with E-state index < -0.39 is 0 Å². The highest BCUT2D eigenvalue weighted by atomic mass is 79.9. The van der Waals surface area contributed by atoms with Gasteiger partial charge in [-0.15, -0.1) is 0 Å². The summed E-state index contributed by atoms with van der Waals surface area (Å²) in [6, 6.07) is 19.5. The Morgan fingerprint density at radius 1 is 0.786 bits per heavy atom. The predicted molar refractivity (Wildman–Crippen MR) is 122 cm³/mol. The van der Waals surface area contributed by atoms with Crippen LogP contribution in [0.3, 0.4) is 0 Å². The molecule has 0 radical (unpaired) electrons. The third kappa shape index (κ3) is 8.46. The summed E-state index contributed by atoms with van der Waals surface area (Å²) in [5.74, 6) is 0.357. The van der Waals surface area contributed by atoms with Crippen LogP contribution in [0, 0.1) is 0 Å². The van der Waals surface area contributed by atoms with E-state index in [2.05, 4.69) is 70.5 Å². The van der Waals surface area contributed by atoms with E-state index in [1.165, 1.54) is 29.5 Å². The summed E-state index contributed by atoms with van der Waals surface area (Å²) in [4.78, 5) is 0. The number of hydrogen-bond acceptors (Lipinski definition) is 2. The summed E-state index contributed by atoms with van der Waals surface area (Å²) in [5.41, 5.74) is 4.19. The Hall–Kier alpha value is -1.16. The van der Waals surface area contributed by atoms with Gasteiger partial charge in [0.05, 0.1) is 0 Å². The molecule has 2 rings (SSSR count). The molecule has 2 aromatic rings. The van der Waals surface area contributed by atoms with Crippen molar-refractivity contribution in [2.24, 2.45) is 0 Å². The summed E-state index contributed by atoms with van der Waals surface area (Å²) in [6.45, 7) is 2.00. The molecule has 1 atom stereocenters. The first kappa shape index (κ1) is 23.1. The van der Waals surface area contributed by atoms with Crippen molar-refractivity contribution in [2.75, 3.05) is 25.2 Å². The summed E-state index contributed by atoms with van der Waals surface area (Å²) in [6.07, 6.45) is 8.81. The molecule has 2 nitrogen and oxygen atoms in total. The second-order valence-electron chi connectivity index (χ2n) is 7.35. The zero-order valence-electron chi connectivity index (χ0n) is 17.0. The van der Waals surface area contributed by atoms with Gasteiger partial charge in [-0.2, -0.15) is 0 Å². The van der Waals surface area contributed by atoms with Gasteiger partial charge in [-0.25, -0.2) is 0 Å². The number of hydrogen-bond donors (Lipinski definition) is 1. The molecule has 1 N–H and O–H groups in total. The van der Waals surface area contributed by atoms with Gasteiger partial charge in [0.1, 0.15) is 0 Å². The molecular weight excluding hydrogens is 412 g/mol. The fourth-order valence-electron chi connectivity index (χ4n) is 3.68. The topological polar surface area (TPSA) is 29.5 Å². The average Bonchev–Trinajstić information content (AvgIpc) is 2.74. The highest BCUT2D eigenvalue weighted by molar-refractivity contribution is 9.09. The fourth-order valence-corrected chi connectivity index (χ4v) is 4.08. The molecule has 0 saturated carbocycles. The van der Waals surface area contributed by atoms with E-state index in [0.29, 0.717) is 5.92 Å². The van der Waals surface area contributed by atoms with Crippen molar-refractivity contribution in [1.29, 1.82) is 0 Å². The van der Waals surface area contributed by atoms with Crippen LogP contribution in [0.15, 0.2) is 54.6 Å². The maximum atomic E-state index is 9.35. The fraction of sp³-hybridized carbons (Fsp3) is 0.520. The van der Waals surface area contributed by atoms with Crippen LogP contribution in [-0.2, 0) is 11.2 Å². The third-order valence-corrected chi connectivity index (χ3v) is 5.75. The number of unbranched alkanes of at least 4 members (excludes halogenated alkanes) is 3. The lowest BCUT2D eigenvalue weighted by Gasteiger charge is -2.21. The number of halogens is 1. The first-order valence-corrected chi connectivity index (χ1v) is 11.9. The van der Waals surface area contributed by atoms with E-state index in [1.54, 1.807) is 0 Å². The third-order valence-electron chi connectivity index (χ3n) is 5.19. The molecule has 0 spiro atoms. The minimum atomic E-state index is 0.248. The molecule has 2 aromatic carbocycles. The van der Waals surface area contributed by atoms with Crippen molar-refractivity contribution in [3.05, 3.63) is 71.3 Å². The van der Waals surface area contributed by atoms with E-state index in [4.69, 9.17) is 4.74 Å². The second kappa shape index (κ2) is 14.8. The number of ether oxygens (including phenoxy) is 1. The summed E-state index contributed by atoms with van der Waals surface area (Å²) >= 11 is 3.47. The van der Waals surface area contributed by atoms with Crippen molar-refractivity contribution in [3.8, 4) is 0 Å². The molecule has 0 aliphatic heterocycles. The molecule has 0 bridgehead atoms. The van der Waals surface area contributed by atoms with Gasteiger partial charge < -0.3 is 9.84 Å². The number of rotatable bonds is 15. The highest BCUT2D eigenvalue weighted by Gasteiger charge is 2.16. The number of aryl methyl sites for hydroxylation is 1. The highest BCUT2D eigenvalue weighted by Crippen LogP contribution is 2.32. The maximum absolute atomic E-state index is 9.35. The van der Waals surface area contributed by atoms with Crippen LogP contribution in [-0.4, -0.2) is 30.3 Å². The van der Waals surface area contributed by atoms with E-state index in [0.717, 1.165) is 57.1 Å². The van der Waals surface area contributed by atoms with Crippen LogP contribution >= 0.6 is 15.9 Å². The van der Waals surface area contributed by atoms with E-state index in [1.807, 2.05) is 0 Å². The van der Waals surface area contributed by atoms with Gasteiger partial charge in [-0.3, -0.25) is 0 Å². The molecule has 154 valence electrons. The summed E-state index contributed by atoms with van der Waals surface area (Å²) in [5, 5.41) is 10.4.